The third kappa shape index (κ3) is 3.41. The van der Waals surface area contributed by atoms with Crippen LogP contribution in [-0.2, 0) is 11.2 Å². The maximum absolute atomic E-state index is 12.5. The number of nitrogens with one attached hydrogen (secondary N) is 2. The van der Waals surface area contributed by atoms with Crippen molar-refractivity contribution in [2.24, 2.45) is 5.92 Å². The molecule has 128 valence electrons. The lowest BCUT2D eigenvalue weighted by Gasteiger charge is -2.18. The highest BCUT2D eigenvalue weighted by Gasteiger charge is 2.31. The van der Waals surface area contributed by atoms with Crippen molar-refractivity contribution in [2.45, 2.75) is 33.2 Å². The van der Waals surface area contributed by atoms with Crippen molar-refractivity contribution < 1.29 is 14.1 Å². The number of pyridine rings is 1. The Labute approximate surface area is 139 Å². The van der Waals surface area contributed by atoms with Gasteiger partial charge in [-0.15, -0.1) is 0 Å². The second-order valence-corrected chi connectivity index (χ2v) is 6.34. The summed E-state index contributed by atoms with van der Waals surface area (Å²) in [7, 11) is 0. The van der Waals surface area contributed by atoms with Crippen LogP contribution in [0.3, 0.4) is 0 Å². The molecule has 0 saturated carbocycles. The first-order valence-corrected chi connectivity index (χ1v) is 7.95. The van der Waals surface area contributed by atoms with Crippen LogP contribution in [0, 0.1) is 26.7 Å². The number of aryl methyl sites for hydroxylation is 3. The van der Waals surface area contributed by atoms with Crippen LogP contribution in [0.25, 0.3) is 0 Å². The number of aromatic amines is 1. The normalized spacial score (nSPS) is 20.3. The molecule has 1 saturated heterocycles. The fraction of sp³-hybridized carbons (Fsp3) is 0.471. The predicted octanol–water partition coefficient (Wildman–Crippen LogP) is 1.28. The summed E-state index contributed by atoms with van der Waals surface area (Å²) < 4.78 is 10.7. The van der Waals surface area contributed by atoms with Crippen LogP contribution in [0.2, 0.25) is 0 Å². The Morgan fingerprint density at radius 2 is 2.12 bits per heavy atom. The van der Waals surface area contributed by atoms with E-state index < -0.39 is 0 Å². The van der Waals surface area contributed by atoms with Crippen molar-refractivity contribution in [2.75, 3.05) is 13.2 Å². The molecule has 2 N–H and O–H groups in total. The Balaban J connectivity index is 1.71. The maximum Gasteiger partial charge on any atom is 0.261 e. The smallest absolute Gasteiger partial charge is 0.261 e. The number of H-pyrrole nitrogens is 1. The molecule has 0 spiro atoms. The van der Waals surface area contributed by atoms with Gasteiger partial charge in [-0.1, -0.05) is 5.16 Å². The summed E-state index contributed by atoms with van der Waals surface area (Å²) in [5, 5.41) is 6.79. The molecule has 3 heterocycles. The van der Waals surface area contributed by atoms with Crippen LogP contribution in [0.1, 0.15) is 33.1 Å². The minimum atomic E-state index is -0.381. The average Bonchev–Trinajstić information content (AvgIpc) is 3.13. The Morgan fingerprint density at radius 1 is 1.33 bits per heavy atom. The molecule has 1 aliphatic rings. The van der Waals surface area contributed by atoms with Gasteiger partial charge in [0, 0.05) is 24.1 Å². The predicted molar refractivity (Wildman–Crippen MR) is 87.0 cm³/mol. The molecule has 7 nitrogen and oxygen atoms in total. The van der Waals surface area contributed by atoms with Gasteiger partial charge in [0.15, 0.2) is 0 Å². The van der Waals surface area contributed by atoms with Gasteiger partial charge in [-0.2, -0.15) is 0 Å². The van der Waals surface area contributed by atoms with E-state index in [1.165, 1.54) is 0 Å². The number of amides is 1. The van der Waals surface area contributed by atoms with Gasteiger partial charge in [0.2, 0.25) is 0 Å². The molecule has 0 bridgehead atoms. The summed E-state index contributed by atoms with van der Waals surface area (Å²) in [6.45, 7) is 6.48. The van der Waals surface area contributed by atoms with E-state index in [9.17, 15) is 9.59 Å². The molecule has 1 amide bonds. The van der Waals surface area contributed by atoms with Gasteiger partial charge in [0.05, 0.1) is 24.9 Å². The van der Waals surface area contributed by atoms with E-state index in [0.717, 1.165) is 22.7 Å². The number of carbonyl (C=O) groups is 1. The number of hydrogen-bond donors (Lipinski definition) is 2. The van der Waals surface area contributed by atoms with Gasteiger partial charge < -0.3 is 19.6 Å². The molecule has 3 rings (SSSR count). The van der Waals surface area contributed by atoms with Crippen molar-refractivity contribution in [3.63, 3.8) is 0 Å². The average molecular weight is 331 g/mol. The Kier molecular flexibility index (Phi) is 4.53. The summed E-state index contributed by atoms with van der Waals surface area (Å²) in [6.07, 6.45) is 0.634. The Bertz CT molecular complexity index is 808. The molecule has 2 aromatic heterocycles. The summed E-state index contributed by atoms with van der Waals surface area (Å²) in [6, 6.07) is 3.34. The number of ether oxygens (including phenoxy) is 1. The number of carbonyl (C=O) groups excluding carboxylic acids is 1. The van der Waals surface area contributed by atoms with Gasteiger partial charge in [-0.25, -0.2) is 0 Å². The van der Waals surface area contributed by atoms with Crippen LogP contribution >= 0.6 is 0 Å². The second kappa shape index (κ2) is 6.60. The highest BCUT2D eigenvalue weighted by Crippen LogP contribution is 2.20. The van der Waals surface area contributed by atoms with Crippen molar-refractivity contribution in [1.82, 2.24) is 15.5 Å². The molecule has 2 aromatic rings. The van der Waals surface area contributed by atoms with Crippen molar-refractivity contribution in [3.05, 3.63) is 50.8 Å². The van der Waals surface area contributed by atoms with Gasteiger partial charge in [0.1, 0.15) is 11.3 Å². The molecule has 2 atom stereocenters. The summed E-state index contributed by atoms with van der Waals surface area (Å²) in [5.41, 5.74) is 2.21. The van der Waals surface area contributed by atoms with E-state index >= 15 is 0 Å². The SMILES string of the molecule is Cc1cc(C[C@H]2COC[C@H]2NC(=O)c2cc(C)c(C)[nH]c2=O)on1. The van der Waals surface area contributed by atoms with Crippen LogP contribution in [-0.4, -0.2) is 35.3 Å². The second-order valence-electron chi connectivity index (χ2n) is 6.34. The van der Waals surface area contributed by atoms with E-state index in [0.29, 0.717) is 19.6 Å². The number of rotatable bonds is 4. The van der Waals surface area contributed by atoms with E-state index in [1.54, 1.807) is 13.0 Å². The topological polar surface area (TPSA) is 97.2 Å². The summed E-state index contributed by atoms with van der Waals surface area (Å²) in [4.78, 5) is 27.2. The van der Waals surface area contributed by atoms with E-state index in [2.05, 4.69) is 15.5 Å². The molecule has 0 aromatic carbocycles. The highest BCUT2D eigenvalue weighted by molar-refractivity contribution is 5.94. The third-order valence-electron chi connectivity index (χ3n) is 4.40. The van der Waals surface area contributed by atoms with Crippen LogP contribution < -0.4 is 10.9 Å². The monoisotopic (exact) mass is 331 g/mol. The quantitative estimate of drug-likeness (QED) is 0.879. The first-order chi connectivity index (χ1) is 11.4. The first-order valence-electron chi connectivity index (χ1n) is 7.95. The lowest BCUT2D eigenvalue weighted by molar-refractivity contribution is 0.0923. The Morgan fingerprint density at radius 3 is 2.83 bits per heavy atom. The molecular formula is C17H21N3O4. The molecule has 7 heteroatoms. The fourth-order valence-electron chi connectivity index (χ4n) is 2.87. The third-order valence-corrected chi connectivity index (χ3v) is 4.40. The van der Waals surface area contributed by atoms with Crippen molar-refractivity contribution >= 4 is 5.91 Å². The van der Waals surface area contributed by atoms with Crippen LogP contribution in [0.15, 0.2) is 21.5 Å². The van der Waals surface area contributed by atoms with Crippen molar-refractivity contribution in [1.29, 1.82) is 0 Å². The lowest BCUT2D eigenvalue weighted by Crippen LogP contribution is -2.42. The fourth-order valence-corrected chi connectivity index (χ4v) is 2.87. The minimum Gasteiger partial charge on any atom is -0.379 e. The molecule has 24 heavy (non-hydrogen) atoms. The van der Waals surface area contributed by atoms with E-state index in [1.807, 2.05) is 19.9 Å². The zero-order valence-electron chi connectivity index (χ0n) is 14.0. The number of aromatic nitrogens is 2. The Hall–Kier alpha value is -2.41. The van der Waals surface area contributed by atoms with Gasteiger partial charge >= 0.3 is 0 Å². The van der Waals surface area contributed by atoms with Crippen LogP contribution in [0.4, 0.5) is 0 Å². The molecule has 1 fully saturated rings. The van der Waals surface area contributed by atoms with Crippen LogP contribution in [0.5, 0.6) is 0 Å². The molecule has 0 aliphatic carbocycles. The van der Waals surface area contributed by atoms with E-state index in [-0.39, 0.29) is 29.0 Å². The zero-order valence-corrected chi connectivity index (χ0v) is 14.0. The maximum atomic E-state index is 12.5. The number of hydrogen-bond acceptors (Lipinski definition) is 5. The molecule has 0 radical (unpaired) electrons. The highest BCUT2D eigenvalue weighted by atomic mass is 16.5. The zero-order chi connectivity index (χ0) is 17.3. The first kappa shape index (κ1) is 16.4. The van der Waals surface area contributed by atoms with Gasteiger partial charge in [-0.3, -0.25) is 9.59 Å². The van der Waals surface area contributed by atoms with Gasteiger partial charge in [0.25, 0.3) is 11.5 Å². The van der Waals surface area contributed by atoms with Crippen molar-refractivity contribution in [3.8, 4) is 0 Å². The lowest BCUT2D eigenvalue weighted by atomic mass is 9.98. The summed E-state index contributed by atoms with van der Waals surface area (Å²) in [5.74, 6) is 0.479. The standard InChI is InChI=1S/C17H21N3O4/c1-9-4-14(16(21)18-11(9)3)17(22)19-15-8-23-7-12(15)6-13-5-10(2)20-24-13/h4-5,12,15H,6-8H2,1-3H3,(H,18,21)(H,19,22)/t12-,15+/m0/s1. The summed E-state index contributed by atoms with van der Waals surface area (Å²) >= 11 is 0. The molecule has 1 aliphatic heterocycles. The molecule has 0 unspecified atom stereocenters. The minimum absolute atomic E-state index is 0.0897. The number of nitrogens with zero attached hydrogens (tertiary/aromatic N) is 1. The van der Waals surface area contributed by atoms with Gasteiger partial charge in [-0.05, 0) is 32.4 Å². The van der Waals surface area contributed by atoms with E-state index in [4.69, 9.17) is 9.26 Å². The largest absolute Gasteiger partial charge is 0.379 e. The molecular weight excluding hydrogens is 310 g/mol.